The fraction of sp³-hybridized carbons (Fsp3) is 0.231. The smallest absolute Gasteiger partial charge is 0.177 e. The summed E-state index contributed by atoms with van der Waals surface area (Å²) in [5.74, 6) is 0.0253. The van der Waals surface area contributed by atoms with Crippen LogP contribution in [0.4, 0.5) is 0 Å². The second-order valence-corrected chi connectivity index (χ2v) is 4.44. The van der Waals surface area contributed by atoms with Crippen molar-refractivity contribution in [3.63, 3.8) is 0 Å². The van der Waals surface area contributed by atoms with E-state index >= 15 is 0 Å². The molecular weight excluding hydrogens is 236 g/mol. The van der Waals surface area contributed by atoms with Crippen molar-refractivity contribution in [3.8, 4) is 0 Å². The lowest BCUT2D eigenvalue weighted by Gasteiger charge is -1.98. The largest absolute Gasteiger partial charge is 0.293 e. The highest BCUT2D eigenvalue weighted by molar-refractivity contribution is 6.30. The van der Waals surface area contributed by atoms with Gasteiger partial charge >= 0.3 is 0 Å². The molecule has 0 unspecified atom stereocenters. The Labute approximate surface area is 105 Å². The second kappa shape index (κ2) is 4.72. The second-order valence-electron chi connectivity index (χ2n) is 4.01. The first kappa shape index (κ1) is 11.9. The highest BCUT2D eigenvalue weighted by Crippen LogP contribution is 2.15. The van der Waals surface area contributed by atoms with Gasteiger partial charge in [-0.05, 0) is 23.8 Å². The summed E-state index contributed by atoms with van der Waals surface area (Å²) in [6.45, 7) is 1.54. The molecule has 0 amide bonds. The average Bonchev–Trinajstić information content (AvgIpc) is 2.59. The highest BCUT2D eigenvalue weighted by atomic mass is 35.5. The Balaban J connectivity index is 2.25. The van der Waals surface area contributed by atoms with E-state index < -0.39 is 0 Å². The molecule has 0 aliphatic rings. The van der Waals surface area contributed by atoms with Gasteiger partial charge in [-0.3, -0.25) is 9.48 Å². The zero-order valence-electron chi connectivity index (χ0n) is 9.77. The molecule has 0 bridgehead atoms. The van der Waals surface area contributed by atoms with Crippen LogP contribution in [0, 0.1) is 0 Å². The lowest BCUT2D eigenvalue weighted by atomic mass is 10.1. The van der Waals surface area contributed by atoms with E-state index in [1.54, 1.807) is 18.7 Å². The van der Waals surface area contributed by atoms with Gasteiger partial charge in [-0.2, -0.15) is 5.10 Å². The lowest BCUT2D eigenvalue weighted by Crippen LogP contribution is -2.02. The van der Waals surface area contributed by atoms with Gasteiger partial charge in [0.2, 0.25) is 0 Å². The van der Waals surface area contributed by atoms with Gasteiger partial charge in [0.1, 0.15) is 5.69 Å². The predicted octanol–water partition coefficient (Wildman–Crippen LogP) is 2.87. The third-order valence-corrected chi connectivity index (χ3v) is 2.80. The molecule has 1 aromatic heterocycles. The van der Waals surface area contributed by atoms with Crippen LogP contribution in [0.5, 0.6) is 0 Å². The molecule has 0 radical (unpaired) electrons. The Bertz CT molecular complexity index is 560. The van der Waals surface area contributed by atoms with Crippen LogP contribution in [0.1, 0.15) is 28.7 Å². The summed E-state index contributed by atoms with van der Waals surface area (Å²) >= 11 is 5.92. The Morgan fingerprint density at radius 1 is 1.41 bits per heavy atom. The summed E-state index contributed by atoms with van der Waals surface area (Å²) in [6.07, 6.45) is 0.682. The van der Waals surface area contributed by atoms with Crippen LogP contribution in [0.2, 0.25) is 5.02 Å². The van der Waals surface area contributed by atoms with Crippen LogP contribution >= 0.6 is 11.6 Å². The minimum absolute atomic E-state index is 0.0253. The summed E-state index contributed by atoms with van der Waals surface area (Å²) < 4.78 is 1.61. The fourth-order valence-corrected chi connectivity index (χ4v) is 2.01. The van der Waals surface area contributed by atoms with E-state index in [0.29, 0.717) is 17.1 Å². The minimum Gasteiger partial charge on any atom is -0.293 e. The average molecular weight is 249 g/mol. The molecule has 2 aromatic rings. The molecule has 0 saturated heterocycles. The number of hydrogen-bond acceptors (Lipinski definition) is 2. The van der Waals surface area contributed by atoms with Gasteiger partial charge in [-0.1, -0.05) is 23.7 Å². The molecule has 4 heteroatoms. The maximum atomic E-state index is 11.3. The standard InChI is InChI=1S/C13H13ClN2O/c1-9(17)13-8-12(15-16(13)2)7-10-4-3-5-11(14)6-10/h3-6,8H,7H2,1-2H3. The summed E-state index contributed by atoms with van der Waals surface area (Å²) in [7, 11) is 1.78. The zero-order chi connectivity index (χ0) is 12.4. The number of hydrogen-bond donors (Lipinski definition) is 0. The molecule has 1 heterocycles. The van der Waals surface area contributed by atoms with Gasteiger partial charge in [0, 0.05) is 25.4 Å². The number of halogens is 1. The molecule has 1 aromatic carbocycles. The van der Waals surface area contributed by atoms with Gasteiger partial charge in [0.25, 0.3) is 0 Å². The maximum Gasteiger partial charge on any atom is 0.177 e. The summed E-state index contributed by atoms with van der Waals surface area (Å²) in [6, 6.07) is 9.47. The minimum atomic E-state index is 0.0253. The van der Waals surface area contributed by atoms with Crippen molar-refractivity contribution in [2.45, 2.75) is 13.3 Å². The molecule has 88 valence electrons. The number of aromatic nitrogens is 2. The third-order valence-electron chi connectivity index (χ3n) is 2.57. The van der Waals surface area contributed by atoms with Crippen LogP contribution < -0.4 is 0 Å². The molecule has 0 fully saturated rings. The quantitative estimate of drug-likeness (QED) is 0.783. The molecule has 0 atom stereocenters. The van der Waals surface area contributed by atoms with E-state index in [4.69, 9.17) is 11.6 Å². The Morgan fingerprint density at radius 3 is 2.76 bits per heavy atom. The molecule has 2 rings (SSSR count). The van der Waals surface area contributed by atoms with Gasteiger partial charge in [0.05, 0.1) is 5.69 Å². The topological polar surface area (TPSA) is 34.9 Å². The zero-order valence-corrected chi connectivity index (χ0v) is 10.5. The maximum absolute atomic E-state index is 11.3. The number of carbonyl (C=O) groups is 1. The highest BCUT2D eigenvalue weighted by Gasteiger charge is 2.09. The van der Waals surface area contributed by atoms with Crippen LogP contribution in [0.25, 0.3) is 0 Å². The van der Waals surface area contributed by atoms with Crippen molar-refractivity contribution in [1.29, 1.82) is 0 Å². The van der Waals surface area contributed by atoms with E-state index in [1.165, 1.54) is 0 Å². The molecule has 0 aliphatic carbocycles. The third kappa shape index (κ3) is 2.74. The first-order valence-corrected chi connectivity index (χ1v) is 5.72. The van der Waals surface area contributed by atoms with E-state index in [0.717, 1.165) is 11.3 Å². The number of rotatable bonds is 3. The monoisotopic (exact) mass is 248 g/mol. The predicted molar refractivity (Wildman–Crippen MR) is 67.5 cm³/mol. The molecule has 0 saturated carbocycles. The van der Waals surface area contributed by atoms with Crippen molar-refractivity contribution in [2.75, 3.05) is 0 Å². The van der Waals surface area contributed by atoms with Gasteiger partial charge in [-0.25, -0.2) is 0 Å². The number of Topliss-reactive ketones (excluding diaryl/α,β-unsaturated/α-hetero) is 1. The van der Waals surface area contributed by atoms with Crippen molar-refractivity contribution in [3.05, 3.63) is 52.3 Å². The Kier molecular flexibility index (Phi) is 3.29. The van der Waals surface area contributed by atoms with Crippen molar-refractivity contribution in [2.24, 2.45) is 7.05 Å². The van der Waals surface area contributed by atoms with Crippen LogP contribution in [0.3, 0.4) is 0 Å². The molecule has 3 nitrogen and oxygen atoms in total. The Hall–Kier alpha value is -1.61. The molecule has 0 N–H and O–H groups in total. The number of carbonyl (C=O) groups excluding carboxylic acids is 1. The van der Waals surface area contributed by atoms with E-state index in [1.807, 2.05) is 30.3 Å². The summed E-state index contributed by atoms with van der Waals surface area (Å²) in [5, 5.41) is 5.02. The van der Waals surface area contributed by atoms with Gasteiger partial charge in [0.15, 0.2) is 5.78 Å². The van der Waals surface area contributed by atoms with Crippen LogP contribution in [-0.4, -0.2) is 15.6 Å². The van der Waals surface area contributed by atoms with Crippen molar-refractivity contribution in [1.82, 2.24) is 9.78 Å². The van der Waals surface area contributed by atoms with E-state index in [2.05, 4.69) is 5.10 Å². The molecule has 0 spiro atoms. The van der Waals surface area contributed by atoms with Crippen LogP contribution in [0.15, 0.2) is 30.3 Å². The molecule has 0 aliphatic heterocycles. The SMILES string of the molecule is CC(=O)c1cc(Cc2cccc(Cl)c2)nn1C. The first-order chi connectivity index (χ1) is 8.06. The summed E-state index contributed by atoms with van der Waals surface area (Å²) in [5.41, 5.74) is 2.59. The van der Waals surface area contributed by atoms with Gasteiger partial charge < -0.3 is 0 Å². The normalized spacial score (nSPS) is 10.5. The number of nitrogens with zero attached hydrogens (tertiary/aromatic N) is 2. The van der Waals surface area contributed by atoms with Gasteiger partial charge in [-0.15, -0.1) is 0 Å². The molecule has 17 heavy (non-hydrogen) atoms. The Morgan fingerprint density at radius 2 is 2.18 bits per heavy atom. The van der Waals surface area contributed by atoms with Crippen molar-refractivity contribution >= 4 is 17.4 Å². The van der Waals surface area contributed by atoms with E-state index in [-0.39, 0.29) is 5.78 Å². The lowest BCUT2D eigenvalue weighted by molar-refractivity contribution is 0.100. The van der Waals surface area contributed by atoms with E-state index in [9.17, 15) is 4.79 Å². The number of ketones is 1. The van der Waals surface area contributed by atoms with Crippen LogP contribution in [-0.2, 0) is 13.5 Å². The fourth-order valence-electron chi connectivity index (χ4n) is 1.80. The first-order valence-electron chi connectivity index (χ1n) is 5.34. The number of benzene rings is 1. The molecular formula is C13H13ClN2O. The summed E-state index contributed by atoms with van der Waals surface area (Å²) in [4.78, 5) is 11.3. The number of aryl methyl sites for hydroxylation is 1. The van der Waals surface area contributed by atoms with Crippen molar-refractivity contribution < 1.29 is 4.79 Å².